The van der Waals surface area contributed by atoms with Gasteiger partial charge in [-0.1, -0.05) is 0 Å². The maximum atomic E-state index is 12.8. The molecule has 0 aliphatic carbocycles. The van der Waals surface area contributed by atoms with E-state index in [1.54, 1.807) is 49.1 Å². The highest BCUT2D eigenvalue weighted by Gasteiger charge is 2.26. The van der Waals surface area contributed by atoms with Gasteiger partial charge in [-0.25, -0.2) is 13.4 Å². The molecule has 10 heteroatoms. The zero-order valence-corrected chi connectivity index (χ0v) is 16.5. The summed E-state index contributed by atoms with van der Waals surface area (Å²) in [6, 6.07) is 8.24. The molecule has 152 valence electrons. The average Bonchev–Trinajstić information content (AvgIpc) is 3.17. The van der Waals surface area contributed by atoms with Gasteiger partial charge in [0, 0.05) is 44.1 Å². The number of nitrogens with zero attached hydrogens (tertiary/aromatic N) is 4. The topological polar surface area (TPSA) is 106 Å². The van der Waals surface area contributed by atoms with Crippen LogP contribution in [-0.4, -0.2) is 66.0 Å². The molecule has 1 saturated heterocycles. The molecule has 1 aliphatic heterocycles. The van der Waals surface area contributed by atoms with Gasteiger partial charge in [0.15, 0.2) is 0 Å². The molecule has 3 heterocycles. The molecule has 9 nitrogen and oxygen atoms in total. The zero-order valence-electron chi connectivity index (χ0n) is 15.7. The lowest BCUT2D eigenvalue weighted by Gasteiger charge is -2.26. The summed E-state index contributed by atoms with van der Waals surface area (Å²) >= 11 is 0. The Morgan fingerprint density at radius 3 is 2.66 bits per heavy atom. The Morgan fingerprint density at radius 2 is 1.90 bits per heavy atom. The Morgan fingerprint density at radius 1 is 1.14 bits per heavy atom. The van der Waals surface area contributed by atoms with Crippen LogP contribution in [0.1, 0.15) is 10.4 Å². The van der Waals surface area contributed by atoms with E-state index in [4.69, 9.17) is 4.74 Å². The first-order valence-corrected chi connectivity index (χ1v) is 10.7. The van der Waals surface area contributed by atoms with Gasteiger partial charge in [0.2, 0.25) is 10.0 Å². The fraction of sp³-hybridized carbons (Fsp3) is 0.316. The van der Waals surface area contributed by atoms with E-state index in [0.717, 1.165) is 5.52 Å². The molecule has 2 aromatic heterocycles. The maximum absolute atomic E-state index is 12.8. The lowest BCUT2D eigenvalue weighted by molar-refractivity contribution is 0.0730. The third-order valence-corrected chi connectivity index (χ3v) is 6.68. The van der Waals surface area contributed by atoms with Crippen LogP contribution in [0.25, 0.3) is 11.0 Å². The van der Waals surface area contributed by atoms with E-state index in [9.17, 15) is 13.2 Å². The number of hydrogen-bond acceptors (Lipinski definition) is 6. The van der Waals surface area contributed by atoms with Crippen molar-refractivity contribution in [2.24, 2.45) is 0 Å². The Kier molecular flexibility index (Phi) is 5.56. The molecule has 29 heavy (non-hydrogen) atoms. The second-order valence-electron chi connectivity index (χ2n) is 6.60. The average molecular weight is 415 g/mol. The first-order chi connectivity index (χ1) is 14.1. The van der Waals surface area contributed by atoms with Gasteiger partial charge in [-0.15, -0.1) is 0 Å². The van der Waals surface area contributed by atoms with Gasteiger partial charge in [0.25, 0.3) is 5.91 Å². The summed E-state index contributed by atoms with van der Waals surface area (Å²) < 4.78 is 34.2. The summed E-state index contributed by atoms with van der Waals surface area (Å²) in [6.07, 6.45) is 4.79. The van der Waals surface area contributed by atoms with E-state index in [1.807, 2.05) is 4.57 Å². The summed E-state index contributed by atoms with van der Waals surface area (Å²) in [5.41, 5.74) is 1.96. The highest BCUT2D eigenvalue weighted by atomic mass is 32.2. The van der Waals surface area contributed by atoms with Crippen LogP contribution in [0.2, 0.25) is 0 Å². The maximum Gasteiger partial charge on any atom is 0.251 e. The van der Waals surface area contributed by atoms with Crippen LogP contribution in [0.5, 0.6) is 0 Å². The quantitative estimate of drug-likeness (QED) is 0.641. The van der Waals surface area contributed by atoms with E-state index >= 15 is 0 Å². The molecule has 1 fully saturated rings. The molecule has 0 saturated carbocycles. The summed E-state index contributed by atoms with van der Waals surface area (Å²) in [6.45, 7) is 2.45. The van der Waals surface area contributed by atoms with E-state index in [2.05, 4.69) is 15.3 Å². The molecule has 3 aromatic rings. The number of aromatic nitrogens is 3. The van der Waals surface area contributed by atoms with Crippen LogP contribution in [0.15, 0.2) is 53.9 Å². The second kappa shape index (κ2) is 8.27. The molecule has 0 spiro atoms. The molecule has 0 bridgehead atoms. The van der Waals surface area contributed by atoms with Crippen molar-refractivity contribution in [2.45, 2.75) is 11.4 Å². The van der Waals surface area contributed by atoms with Crippen molar-refractivity contribution < 1.29 is 17.9 Å². The predicted molar refractivity (Wildman–Crippen MR) is 106 cm³/mol. The lowest BCUT2D eigenvalue weighted by Crippen LogP contribution is -2.40. The van der Waals surface area contributed by atoms with Crippen LogP contribution in [0, 0.1) is 0 Å². The van der Waals surface area contributed by atoms with Crippen molar-refractivity contribution in [3.63, 3.8) is 0 Å². The molecular weight excluding hydrogens is 394 g/mol. The highest BCUT2D eigenvalue weighted by Crippen LogP contribution is 2.22. The van der Waals surface area contributed by atoms with Gasteiger partial charge in [0.1, 0.15) is 0 Å². The number of imidazole rings is 1. The molecule has 0 radical (unpaired) electrons. The zero-order chi connectivity index (χ0) is 20.3. The van der Waals surface area contributed by atoms with E-state index in [-0.39, 0.29) is 10.8 Å². The van der Waals surface area contributed by atoms with Crippen molar-refractivity contribution >= 4 is 27.0 Å². The van der Waals surface area contributed by atoms with Crippen LogP contribution in [0.3, 0.4) is 0 Å². The van der Waals surface area contributed by atoms with E-state index in [0.29, 0.717) is 50.5 Å². The Bertz CT molecular complexity index is 1110. The number of fused-ring (bicyclic) bond motifs is 1. The number of rotatable bonds is 6. The summed E-state index contributed by atoms with van der Waals surface area (Å²) in [7, 11) is -3.56. The number of morpholine rings is 1. The minimum atomic E-state index is -3.56. The Balaban J connectivity index is 1.45. The van der Waals surface area contributed by atoms with Gasteiger partial charge in [0.05, 0.1) is 35.5 Å². The second-order valence-corrected chi connectivity index (χ2v) is 8.53. The number of benzene rings is 1. The smallest absolute Gasteiger partial charge is 0.251 e. The number of amides is 1. The number of hydrogen-bond donors (Lipinski definition) is 1. The van der Waals surface area contributed by atoms with Gasteiger partial charge < -0.3 is 14.6 Å². The van der Waals surface area contributed by atoms with E-state index in [1.165, 1.54) is 4.31 Å². The van der Waals surface area contributed by atoms with Crippen molar-refractivity contribution in [1.29, 1.82) is 0 Å². The molecule has 4 rings (SSSR count). The van der Waals surface area contributed by atoms with Crippen LogP contribution < -0.4 is 5.32 Å². The summed E-state index contributed by atoms with van der Waals surface area (Å²) in [4.78, 5) is 20.5. The van der Waals surface area contributed by atoms with E-state index < -0.39 is 10.0 Å². The normalized spacial score (nSPS) is 15.4. The van der Waals surface area contributed by atoms with Crippen LogP contribution in [-0.2, 0) is 21.3 Å². The first-order valence-electron chi connectivity index (χ1n) is 9.27. The van der Waals surface area contributed by atoms with Crippen molar-refractivity contribution in [2.75, 3.05) is 32.8 Å². The third-order valence-electron chi connectivity index (χ3n) is 4.78. The van der Waals surface area contributed by atoms with Gasteiger partial charge in [-0.3, -0.25) is 9.78 Å². The number of ether oxygens (including phenoxy) is 1. The predicted octanol–water partition coefficient (Wildman–Crippen LogP) is 0.882. The summed E-state index contributed by atoms with van der Waals surface area (Å²) in [5.74, 6) is -0.171. The minimum Gasteiger partial charge on any atom is -0.379 e. The summed E-state index contributed by atoms with van der Waals surface area (Å²) in [5, 5.41) is 2.85. The highest BCUT2D eigenvalue weighted by molar-refractivity contribution is 7.89. The van der Waals surface area contributed by atoms with Crippen molar-refractivity contribution in [3.05, 3.63) is 54.6 Å². The monoisotopic (exact) mass is 415 g/mol. The van der Waals surface area contributed by atoms with Crippen LogP contribution in [0.4, 0.5) is 0 Å². The van der Waals surface area contributed by atoms with Crippen molar-refractivity contribution in [3.8, 4) is 0 Å². The Hall–Kier alpha value is -2.82. The van der Waals surface area contributed by atoms with Crippen LogP contribution >= 0.6 is 0 Å². The SMILES string of the molecule is O=C(NCCn1cnc2cc(S(=O)(=O)N3CCOCC3)ccc21)c1ccncc1. The molecular formula is C19H21N5O4S. The first kappa shape index (κ1) is 19.5. The molecule has 0 unspecified atom stereocenters. The molecule has 1 aliphatic rings. The van der Waals surface area contributed by atoms with Gasteiger partial charge in [-0.2, -0.15) is 4.31 Å². The number of carbonyl (C=O) groups is 1. The van der Waals surface area contributed by atoms with Crippen molar-refractivity contribution in [1.82, 2.24) is 24.2 Å². The molecule has 1 aromatic carbocycles. The number of sulfonamides is 1. The minimum absolute atomic E-state index is 0.171. The number of nitrogens with one attached hydrogen (secondary N) is 1. The molecule has 1 N–H and O–H groups in total. The number of carbonyl (C=O) groups excluding carboxylic acids is 1. The fourth-order valence-electron chi connectivity index (χ4n) is 3.21. The molecule has 1 amide bonds. The largest absolute Gasteiger partial charge is 0.379 e. The Labute approximate surface area is 168 Å². The standard InChI is InChI=1S/C19H21N5O4S/c25-19(15-3-5-20-6-4-15)21-7-8-23-14-22-17-13-16(1-2-18(17)23)29(26,27)24-9-11-28-12-10-24/h1-6,13-14H,7-12H2,(H,21,25). The van der Waals surface area contributed by atoms with Gasteiger partial charge in [-0.05, 0) is 30.3 Å². The lowest BCUT2D eigenvalue weighted by atomic mass is 10.2. The fourth-order valence-corrected chi connectivity index (χ4v) is 4.64. The third kappa shape index (κ3) is 4.14. The molecule has 0 atom stereocenters. The number of pyridine rings is 1. The van der Waals surface area contributed by atoms with Gasteiger partial charge >= 0.3 is 0 Å².